The van der Waals surface area contributed by atoms with Gasteiger partial charge in [0.15, 0.2) is 0 Å². The van der Waals surface area contributed by atoms with Gasteiger partial charge in [-0.1, -0.05) is 42.4 Å². The van der Waals surface area contributed by atoms with Crippen LogP contribution in [-0.2, 0) is 0 Å². The first-order chi connectivity index (χ1) is 6.58. The molecule has 0 aromatic carbocycles. The molecule has 0 bridgehead atoms. The van der Waals surface area contributed by atoms with Crippen LogP contribution >= 0.6 is 0 Å². The number of allylic oxidation sites excluding steroid dienone is 8. The van der Waals surface area contributed by atoms with Crippen molar-refractivity contribution in [2.45, 2.75) is 27.7 Å². The van der Waals surface area contributed by atoms with Gasteiger partial charge in [-0.25, -0.2) is 0 Å². The topological polar surface area (TPSA) is 0 Å². The Bertz CT molecular complexity index is 375. The van der Waals surface area contributed by atoms with E-state index in [0.717, 1.165) is 0 Å². The average molecular weight is 186 g/mol. The van der Waals surface area contributed by atoms with Crippen LogP contribution in [0, 0.1) is 11.8 Å². The van der Waals surface area contributed by atoms with Gasteiger partial charge in [0, 0.05) is 5.92 Å². The lowest BCUT2D eigenvalue weighted by molar-refractivity contribution is 0.569. The molecule has 1 unspecified atom stereocenters. The highest BCUT2D eigenvalue weighted by Gasteiger charge is 2.24. The predicted molar refractivity (Wildman–Crippen MR) is 62.0 cm³/mol. The zero-order chi connectivity index (χ0) is 10.3. The first-order valence-electron chi connectivity index (χ1n) is 5.35. The lowest BCUT2D eigenvalue weighted by Crippen LogP contribution is -2.17. The van der Waals surface area contributed by atoms with Crippen molar-refractivity contribution in [1.82, 2.24) is 0 Å². The molecule has 0 aliphatic heterocycles. The van der Waals surface area contributed by atoms with E-state index < -0.39 is 0 Å². The molecule has 0 heteroatoms. The second kappa shape index (κ2) is 3.27. The fraction of sp³-hybridized carbons (Fsp3) is 0.429. The first kappa shape index (κ1) is 9.51. The molecule has 0 saturated heterocycles. The molecule has 0 amide bonds. The lowest BCUT2D eigenvalue weighted by Gasteiger charge is -2.30. The molecule has 74 valence electrons. The maximum Gasteiger partial charge on any atom is 0.00867 e. The Hall–Kier alpha value is -1.04. The third kappa shape index (κ3) is 1.50. The van der Waals surface area contributed by atoms with Gasteiger partial charge in [0.1, 0.15) is 0 Å². The zero-order valence-corrected chi connectivity index (χ0v) is 9.46. The van der Waals surface area contributed by atoms with E-state index in [1.165, 1.54) is 22.3 Å². The highest BCUT2D eigenvalue weighted by Crippen LogP contribution is 2.37. The molecule has 0 N–H and O–H groups in total. The largest absolute Gasteiger partial charge is 0.0778 e. The van der Waals surface area contributed by atoms with E-state index in [-0.39, 0.29) is 0 Å². The van der Waals surface area contributed by atoms with Gasteiger partial charge < -0.3 is 0 Å². The van der Waals surface area contributed by atoms with Crippen molar-refractivity contribution in [2.75, 3.05) is 0 Å². The molecule has 0 heterocycles. The maximum absolute atomic E-state index is 2.40. The van der Waals surface area contributed by atoms with E-state index in [2.05, 4.69) is 52.0 Å². The summed E-state index contributed by atoms with van der Waals surface area (Å²) in [6, 6.07) is 0. The van der Waals surface area contributed by atoms with Crippen LogP contribution in [0.4, 0.5) is 0 Å². The Morgan fingerprint density at radius 2 is 1.57 bits per heavy atom. The minimum Gasteiger partial charge on any atom is -0.0778 e. The van der Waals surface area contributed by atoms with E-state index in [1.54, 1.807) is 0 Å². The molecular formula is C14H18. The molecule has 0 radical (unpaired) electrons. The van der Waals surface area contributed by atoms with Crippen LogP contribution in [0.1, 0.15) is 27.7 Å². The van der Waals surface area contributed by atoms with E-state index in [4.69, 9.17) is 0 Å². The average Bonchev–Trinajstić information content (AvgIpc) is 2.07. The molecular weight excluding hydrogens is 168 g/mol. The van der Waals surface area contributed by atoms with Gasteiger partial charge in [-0.05, 0) is 37.8 Å². The van der Waals surface area contributed by atoms with Crippen LogP contribution in [0.2, 0.25) is 0 Å². The summed E-state index contributed by atoms with van der Waals surface area (Å²) in [6.07, 6.45) is 9.38. The molecule has 0 spiro atoms. The second-order valence-corrected chi connectivity index (χ2v) is 4.63. The van der Waals surface area contributed by atoms with Crippen LogP contribution < -0.4 is 0 Å². The summed E-state index contributed by atoms with van der Waals surface area (Å²) in [5, 5.41) is 0. The number of fused-ring (bicyclic) bond motifs is 1. The Labute approximate surface area is 86.7 Å². The van der Waals surface area contributed by atoms with Crippen LogP contribution in [0.3, 0.4) is 0 Å². The SMILES string of the molecule is CC1=CC2C(=CC(C)=C[C@H]2C)C(C)=C1. The third-order valence-electron chi connectivity index (χ3n) is 3.18. The van der Waals surface area contributed by atoms with Crippen molar-refractivity contribution < 1.29 is 0 Å². The molecule has 0 aromatic rings. The Balaban J connectivity index is 2.46. The Kier molecular flexibility index (Phi) is 2.22. The Morgan fingerprint density at radius 3 is 2.29 bits per heavy atom. The smallest absolute Gasteiger partial charge is 0.00867 e. The molecule has 2 rings (SSSR count). The molecule has 0 fully saturated rings. The molecule has 0 saturated carbocycles. The van der Waals surface area contributed by atoms with E-state index >= 15 is 0 Å². The van der Waals surface area contributed by atoms with Crippen molar-refractivity contribution in [3.8, 4) is 0 Å². The minimum absolute atomic E-state index is 0.615. The van der Waals surface area contributed by atoms with Gasteiger partial charge in [0.2, 0.25) is 0 Å². The summed E-state index contributed by atoms with van der Waals surface area (Å²) >= 11 is 0. The summed E-state index contributed by atoms with van der Waals surface area (Å²) in [4.78, 5) is 0. The minimum atomic E-state index is 0.615. The third-order valence-corrected chi connectivity index (χ3v) is 3.18. The van der Waals surface area contributed by atoms with Crippen molar-refractivity contribution in [1.29, 1.82) is 0 Å². The van der Waals surface area contributed by atoms with Gasteiger partial charge in [-0.15, -0.1) is 0 Å². The molecule has 2 atom stereocenters. The zero-order valence-electron chi connectivity index (χ0n) is 9.46. The van der Waals surface area contributed by atoms with Gasteiger partial charge >= 0.3 is 0 Å². The highest BCUT2D eigenvalue weighted by atomic mass is 14.3. The number of hydrogen-bond acceptors (Lipinski definition) is 0. The van der Waals surface area contributed by atoms with Crippen LogP contribution in [0.15, 0.2) is 46.6 Å². The predicted octanol–water partition coefficient (Wildman–Crippen LogP) is 4.03. The monoisotopic (exact) mass is 186 g/mol. The fourth-order valence-electron chi connectivity index (χ4n) is 2.57. The second-order valence-electron chi connectivity index (χ2n) is 4.63. The standard InChI is InChI=1S/C14H18/c1-9-5-11(3)14-8-10(2)6-12(4)13(14)7-9/h5-8,11,14H,1-4H3/t11-,14?/m1/s1. The number of rotatable bonds is 0. The summed E-state index contributed by atoms with van der Waals surface area (Å²) < 4.78 is 0. The van der Waals surface area contributed by atoms with Crippen LogP contribution in [-0.4, -0.2) is 0 Å². The van der Waals surface area contributed by atoms with E-state index in [9.17, 15) is 0 Å². The molecule has 0 aromatic heterocycles. The first-order valence-corrected chi connectivity index (χ1v) is 5.35. The number of hydrogen-bond donors (Lipinski definition) is 0. The van der Waals surface area contributed by atoms with Gasteiger partial charge in [0.25, 0.3) is 0 Å². The molecule has 2 aliphatic rings. The Morgan fingerprint density at radius 1 is 0.929 bits per heavy atom. The summed E-state index contributed by atoms with van der Waals surface area (Å²) in [5.74, 6) is 1.26. The lowest BCUT2D eigenvalue weighted by atomic mass is 9.75. The molecule has 14 heavy (non-hydrogen) atoms. The summed E-state index contributed by atoms with van der Waals surface area (Å²) in [6.45, 7) is 8.92. The van der Waals surface area contributed by atoms with E-state index in [1.807, 2.05) is 0 Å². The van der Waals surface area contributed by atoms with Crippen molar-refractivity contribution >= 4 is 0 Å². The van der Waals surface area contributed by atoms with Gasteiger partial charge in [0.05, 0.1) is 0 Å². The molecule has 2 aliphatic carbocycles. The maximum atomic E-state index is 2.40. The van der Waals surface area contributed by atoms with Crippen molar-refractivity contribution in [3.05, 3.63) is 46.6 Å². The van der Waals surface area contributed by atoms with Crippen LogP contribution in [0.5, 0.6) is 0 Å². The quantitative estimate of drug-likeness (QED) is 0.536. The summed E-state index contributed by atoms with van der Waals surface area (Å²) in [7, 11) is 0. The van der Waals surface area contributed by atoms with Gasteiger partial charge in [-0.3, -0.25) is 0 Å². The van der Waals surface area contributed by atoms with Crippen molar-refractivity contribution in [2.24, 2.45) is 11.8 Å². The highest BCUT2D eigenvalue weighted by molar-refractivity contribution is 5.49. The van der Waals surface area contributed by atoms with Crippen molar-refractivity contribution in [3.63, 3.8) is 0 Å². The normalized spacial score (nSPS) is 31.1. The summed E-state index contributed by atoms with van der Waals surface area (Å²) in [5.41, 5.74) is 5.77. The molecule has 0 nitrogen and oxygen atoms in total. The van der Waals surface area contributed by atoms with E-state index in [0.29, 0.717) is 11.8 Å². The fourth-order valence-corrected chi connectivity index (χ4v) is 2.57. The van der Waals surface area contributed by atoms with Crippen LogP contribution in [0.25, 0.3) is 0 Å². The van der Waals surface area contributed by atoms with Gasteiger partial charge in [-0.2, -0.15) is 0 Å².